The van der Waals surface area contributed by atoms with Crippen LogP contribution in [0, 0.1) is 17.8 Å². The van der Waals surface area contributed by atoms with Gasteiger partial charge in [-0.2, -0.15) is 0 Å². The Morgan fingerprint density at radius 3 is 2.64 bits per heavy atom. The molecule has 1 saturated carbocycles. The van der Waals surface area contributed by atoms with Gasteiger partial charge in [0.15, 0.2) is 18.1 Å². The first-order valence-electron chi connectivity index (χ1n) is 9.47. The number of hydrogen-bond donors (Lipinski definition) is 2. The highest BCUT2D eigenvalue weighted by atomic mass is 16.6. The molecule has 3 rings (SSSR count). The molecule has 0 bridgehead atoms. The van der Waals surface area contributed by atoms with Gasteiger partial charge in [-0.1, -0.05) is 5.16 Å². The summed E-state index contributed by atoms with van der Waals surface area (Å²) in [5.74, 6) is 1.04. The number of carboxylic acid groups (broad SMARTS) is 1. The van der Waals surface area contributed by atoms with Crippen molar-refractivity contribution in [1.29, 1.82) is 0 Å². The molecule has 0 radical (unpaired) electrons. The van der Waals surface area contributed by atoms with Crippen LogP contribution >= 0.6 is 0 Å². The fraction of sp³-hybridized carbons (Fsp3) is 0.667. The number of nitrogens with one attached hydrogen (secondary N) is 1. The van der Waals surface area contributed by atoms with Crippen molar-refractivity contribution < 1.29 is 33.5 Å². The normalized spacial score (nSPS) is 23.3. The van der Waals surface area contributed by atoms with Gasteiger partial charge in [0.1, 0.15) is 0 Å². The third-order valence-electron chi connectivity index (χ3n) is 5.33. The van der Waals surface area contributed by atoms with Gasteiger partial charge in [-0.15, -0.1) is 0 Å². The lowest BCUT2D eigenvalue weighted by atomic mass is 10.0. The average Bonchev–Trinajstić information content (AvgIpc) is 3.34. The van der Waals surface area contributed by atoms with E-state index in [1.54, 1.807) is 6.92 Å². The van der Waals surface area contributed by atoms with Crippen molar-refractivity contribution in [2.24, 2.45) is 17.8 Å². The van der Waals surface area contributed by atoms with E-state index in [4.69, 9.17) is 19.1 Å². The van der Waals surface area contributed by atoms with Crippen molar-refractivity contribution in [1.82, 2.24) is 15.4 Å². The Morgan fingerprint density at radius 2 is 2.00 bits per heavy atom. The maximum atomic E-state index is 11.8. The number of carbonyl (C=O) groups excluding carboxylic acids is 2. The van der Waals surface area contributed by atoms with E-state index in [0.717, 1.165) is 19.3 Å². The summed E-state index contributed by atoms with van der Waals surface area (Å²) in [5.41, 5.74) is 0.0362. The molecule has 10 nitrogen and oxygen atoms in total. The molecule has 2 heterocycles. The van der Waals surface area contributed by atoms with Gasteiger partial charge in [0.05, 0.1) is 6.61 Å². The number of carbonyl (C=O) groups is 3. The highest BCUT2D eigenvalue weighted by Gasteiger charge is 2.42. The Balaban J connectivity index is 1.31. The molecular formula is C18H25N3O7. The van der Waals surface area contributed by atoms with Crippen molar-refractivity contribution >= 4 is 18.2 Å². The van der Waals surface area contributed by atoms with Crippen LogP contribution in [0.1, 0.15) is 42.4 Å². The molecule has 3 atom stereocenters. The van der Waals surface area contributed by atoms with E-state index >= 15 is 0 Å². The molecule has 1 aliphatic heterocycles. The molecule has 10 heteroatoms. The number of ether oxygens (including phenoxy) is 2. The van der Waals surface area contributed by atoms with Gasteiger partial charge in [0.25, 0.3) is 0 Å². The maximum absolute atomic E-state index is 11.8. The number of hydrogen-bond acceptors (Lipinski definition) is 7. The van der Waals surface area contributed by atoms with Crippen LogP contribution in [0.4, 0.5) is 9.59 Å². The standard InChI is InChI=1S/C18H25N3O7/c1-2-26-16(22)15-7-14(28-20-15)10-27-17(23)19-4-3-11-5-12-8-21(18(24)25)9-13(12)6-11/h7,11-13H,2-6,8-10H2,1H3,(H,19,23)(H,24,25)/t11?,12-,13+. The van der Waals surface area contributed by atoms with Gasteiger partial charge in [-0.05, 0) is 43.9 Å². The molecule has 1 aliphatic carbocycles. The van der Waals surface area contributed by atoms with Gasteiger partial charge < -0.3 is 29.3 Å². The minimum absolute atomic E-state index is 0.0362. The molecule has 1 aromatic heterocycles. The molecule has 28 heavy (non-hydrogen) atoms. The fourth-order valence-electron chi connectivity index (χ4n) is 4.07. The Kier molecular flexibility index (Phi) is 6.37. The van der Waals surface area contributed by atoms with E-state index in [2.05, 4.69) is 10.5 Å². The van der Waals surface area contributed by atoms with Crippen molar-refractivity contribution in [3.8, 4) is 0 Å². The SMILES string of the molecule is CCOC(=O)c1cc(COC(=O)NCCC2C[C@@H]3CN(C(=O)O)C[C@@H]3C2)on1. The second kappa shape index (κ2) is 8.94. The third kappa shape index (κ3) is 4.93. The molecule has 1 unspecified atom stereocenters. The first kappa shape index (κ1) is 20.0. The molecule has 2 fully saturated rings. The highest BCUT2D eigenvalue weighted by molar-refractivity contribution is 5.87. The molecule has 2 amide bonds. The van der Waals surface area contributed by atoms with Crippen molar-refractivity contribution in [2.45, 2.75) is 32.8 Å². The Morgan fingerprint density at radius 1 is 1.29 bits per heavy atom. The Labute approximate surface area is 162 Å². The van der Waals surface area contributed by atoms with E-state index in [0.29, 0.717) is 37.4 Å². The molecule has 2 aliphatic rings. The Bertz CT molecular complexity index is 706. The van der Waals surface area contributed by atoms with Gasteiger partial charge in [0, 0.05) is 25.7 Å². The summed E-state index contributed by atoms with van der Waals surface area (Å²) in [6.07, 6.45) is 1.44. The van der Waals surface area contributed by atoms with Gasteiger partial charge in [-0.25, -0.2) is 14.4 Å². The molecule has 154 valence electrons. The van der Waals surface area contributed by atoms with Crippen LogP contribution in [0.5, 0.6) is 0 Å². The van der Waals surface area contributed by atoms with Crippen LogP contribution in [-0.4, -0.2) is 59.6 Å². The van der Waals surface area contributed by atoms with Gasteiger partial charge >= 0.3 is 18.2 Å². The zero-order chi connectivity index (χ0) is 20.1. The fourth-order valence-corrected chi connectivity index (χ4v) is 4.07. The summed E-state index contributed by atoms with van der Waals surface area (Å²) in [5, 5.41) is 15.3. The molecule has 1 aromatic rings. The summed E-state index contributed by atoms with van der Waals surface area (Å²) in [6, 6.07) is 1.38. The van der Waals surface area contributed by atoms with Crippen LogP contribution < -0.4 is 5.32 Å². The minimum atomic E-state index is -0.837. The monoisotopic (exact) mass is 395 g/mol. The van der Waals surface area contributed by atoms with Gasteiger partial charge in [-0.3, -0.25) is 0 Å². The maximum Gasteiger partial charge on any atom is 0.407 e. The average molecular weight is 395 g/mol. The van der Waals surface area contributed by atoms with E-state index in [1.807, 2.05) is 0 Å². The number of amides is 2. The lowest BCUT2D eigenvalue weighted by molar-refractivity contribution is 0.0514. The Hall–Kier alpha value is -2.78. The van der Waals surface area contributed by atoms with Crippen LogP contribution in [0.3, 0.4) is 0 Å². The zero-order valence-corrected chi connectivity index (χ0v) is 15.8. The zero-order valence-electron chi connectivity index (χ0n) is 15.8. The largest absolute Gasteiger partial charge is 0.465 e. The molecule has 2 N–H and O–H groups in total. The van der Waals surface area contributed by atoms with Crippen LogP contribution in [-0.2, 0) is 16.1 Å². The van der Waals surface area contributed by atoms with Gasteiger partial charge in [0.2, 0.25) is 0 Å². The summed E-state index contributed by atoms with van der Waals surface area (Å²) in [7, 11) is 0. The number of likely N-dealkylation sites (tertiary alicyclic amines) is 1. The van der Waals surface area contributed by atoms with E-state index in [9.17, 15) is 14.4 Å². The number of alkyl carbamates (subject to hydrolysis) is 1. The number of nitrogens with zero attached hydrogens (tertiary/aromatic N) is 2. The molecule has 0 aromatic carbocycles. The van der Waals surface area contributed by atoms with E-state index < -0.39 is 18.2 Å². The van der Waals surface area contributed by atoms with Crippen molar-refractivity contribution in [3.05, 3.63) is 17.5 Å². The summed E-state index contributed by atoms with van der Waals surface area (Å²) < 4.78 is 14.8. The highest BCUT2D eigenvalue weighted by Crippen LogP contribution is 2.42. The predicted molar refractivity (Wildman–Crippen MR) is 94.6 cm³/mol. The first-order chi connectivity index (χ1) is 13.5. The van der Waals surface area contributed by atoms with Crippen LogP contribution in [0.25, 0.3) is 0 Å². The third-order valence-corrected chi connectivity index (χ3v) is 5.33. The lowest BCUT2D eigenvalue weighted by Gasteiger charge is -2.16. The predicted octanol–water partition coefficient (Wildman–Crippen LogP) is 2.10. The number of rotatable bonds is 7. The van der Waals surface area contributed by atoms with Crippen LogP contribution in [0.15, 0.2) is 10.6 Å². The number of esters is 1. The second-order valence-electron chi connectivity index (χ2n) is 7.24. The van der Waals surface area contributed by atoms with Crippen molar-refractivity contribution in [2.75, 3.05) is 26.2 Å². The summed E-state index contributed by atoms with van der Waals surface area (Å²) in [4.78, 5) is 35.8. The smallest absolute Gasteiger partial charge is 0.407 e. The van der Waals surface area contributed by atoms with E-state index in [1.165, 1.54) is 11.0 Å². The molecular weight excluding hydrogens is 370 g/mol. The lowest BCUT2D eigenvalue weighted by Crippen LogP contribution is -2.29. The second-order valence-corrected chi connectivity index (χ2v) is 7.24. The van der Waals surface area contributed by atoms with E-state index in [-0.39, 0.29) is 24.7 Å². The van der Waals surface area contributed by atoms with Crippen LogP contribution in [0.2, 0.25) is 0 Å². The molecule has 1 saturated heterocycles. The quantitative estimate of drug-likeness (QED) is 0.671. The minimum Gasteiger partial charge on any atom is -0.465 e. The molecule has 0 spiro atoms. The number of aromatic nitrogens is 1. The summed E-state index contributed by atoms with van der Waals surface area (Å²) in [6.45, 7) is 3.54. The number of fused-ring (bicyclic) bond motifs is 1. The topological polar surface area (TPSA) is 131 Å². The summed E-state index contributed by atoms with van der Waals surface area (Å²) >= 11 is 0. The van der Waals surface area contributed by atoms with Crippen molar-refractivity contribution in [3.63, 3.8) is 0 Å². The first-order valence-corrected chi connectivity index (χ1v) is 9.47.